The molecular formula is C9H18O2. The lowest BCUT2D eigenvalue weighted by molar-refractivity contribution is 0.00134. The van der Waals surface area contributed by atoms with Crippen molar-refractivity contribution in [3.63, 3.8) is 0 Å². The summed E-state index contributed by atoms with van der Waals surface area (Å²) in [5.74, 6) is 0. The van der Waals surface area contributed by atoms with Crippen molar-refractivity contribution < 1.29 is 9.84 Å². The molecular weight excluding hydrogens is 140 g/mol. The molecule has 0 aromatic carbocycles. The summed E-state index contributed by atoms with van der Waals surface area (Å²) in [5, 5.41) is 9.55. The molecule has 1 aliphatic rings. The van der Waals surface area contributed by atoms with E-state index in [0.717, 1.165) is 25.9 Å². The first-order chi connectivity index (χ1) is 5.19. The molecule has 1 fully saturated rings. The summed E-state index contributed by atoms with van der Waals surface area (Å²) in [5.41, 5.74) is 0.188. The van der Waals surface area contributed by atoms with Gasteiger partial charge in [0.25, 0.3) is 0 Å². The van der Waals surface area contributed by atoms with E-state index >= 15 is 0 Å². The predicted octanol–water partition coefficient (Wildman–Crippen LogP) is 1.57. The molecule has 11 heavy (non-hydrogen) atoms. The molecule has 2 heteroatoms. The molecule has 0 heterocycles. The normalized spacial score (nSPS) is 23.2. The Hall–Kier alpha value is -0.0800. The van der Waals surface area contributed by atoms with Crippen LogP contribution in [0.3, 0.4) is 0 Å². The first kappa shape index (κ1) is 9.01. The minimum atomic E-state index is -0.242. The van der Waals surface area contributed by atoms with Crippen LogP contribution in [-0.4, -0.2) is 24.4 Å². The smallest absolute Gasteiger partial charge is 0.0827 e. The van der Waals surface area contributed by atoms with Gasteiger partial charge in [-0.15, -0.1) is 0 Å². The van der Waals surface area contributed by atoms with Crippen LogP contribution in [0, 0.1) is 5.41 Å². The van der Waals surface area contributed by atoms with Crippen molar-refractivity contribution in [3.05, 3.63) is 0 Å². The van der Waals surface area contributed by atoms with Gasteiger partial charge in [-0.25, -0.2) is 0 Å². The Bertz CT molecular complexity index is 119. The maximum absolute atomic E-state index is 9.55. The van der Waals surface area contributed by atoms with Crippen LogP contribution in [0.2, 0.25) is 0 Å². The summed E-state index contributed by atoms with van der Waals surface area (Å²) in [6.45, 7) is 5.48. The number of aliphatic hydroxyl groups excluding tert-OH is 1. The molecule has 0 amide bonds. The van der Waals surface area contributed by atoms with E-state index in [1.54, 1.807) is 0 Å². The summed E-state index contributed by atoms with van der Waals surface area (Å²) < 4.78 is 5.26. The fraction of sp³-hybridized carbons (Fsp3) is 1.00. The van der Waals surface area contributed by atoms with Crippen LogP contribution in [-0.2, 0) is 4.74 Å². The van der Waals surface area contributed by atoms with Gasteiger partial charge in [-0.05, 0) is 24.7 Å². The largest absolute Gasteiger partial charge is 0.390 e. The Morgan fingerprint density at radius 3 is 2.64 bits per heavy atom. The molecule has 2 nitrogen and oxygen atoms in total. The summed E-state index contributed by atoms with van der Waals surface area (Å²) >= 11 is 0. The summed E-state index contributed by atoms with van der Waals surface area (Å²) in [6.07, 6.45) is 3.10. The standard InChI is InChI=1S/C9H18O2/c1-3-6-11-7-8(10)9(2)4-5-9/h8,10H,3-7H2,1-2H3. The van der Waals surface area contributed by atoms with Gasteiger partial charge in [-0.2, -0.15) is 0 Å². The molecule has 1 aliphatic carbocycles. The molecule has 0 radical (unpaired) electrons. The van der Waals surface area contributed by atoms with E-state index in [-0.39, 0.29) is 11.5 Å². The van der Waals surface area contributed by atoms with Crippen LogP contribution in [0.1, 0.15) is 33.1 Å². The third kappa shape index (κ3) is 2.46. The second-order valence-electron chi connectivity index (χ2n) is 3.74. The van der Waals surface area contributed by atoms with Crippen molar-refractivity contribution in [2.75, 3.05) is 13.2 Å². The lowest BCUT2D eigenvalue weighted by atomic mass is 10.0. The zero-order chi connectivity index (χ0) is 8.32. The zero-order valence-electron chi connectivity index (χ0n) is 7.47. The van der Waals surface area contributed by atoms with Gasteiger partial charge >= 0.3 is 0 Å². The lowest BCUT2D eigenvalue weighted by Crippen LogP contribution is -2.24. The van der Waals surface area contributed by atoms with Crippen LogP contribution in [0.4, 0.5) is 0 Å². The van der Waals surface area contributed by atoms with Crippen LogP contribution < -0.4 is 0 Å². The number of hydrogen-bond donors (Lipinski definition) is 1. The van der Waals surface area contributed by atoms with Gasteiger partial charge in [0.15, 0.2) is 0 Å². The summed E-state index contributed by atoms with van der Waals surface area (Å²) in [6, 6.07) is 0. The molecule has 1 rings (SSSR count). The molecule has 0 aromatic heterocycles. The van der Waals surface area contributed by atoms with Crippen molar-refractivity contribution in [1.82, 2.24) is 0 Å². The Morgan fingerprint density at radius 2 is 2.18 bits per heavy atom. The van der Waals surface area contributed by atoms with Crippen molar-refractivity contribution in [2.24, 2.45) is 5.41 Å². The number of ether oxygens (including phenoxy) is 1. The molecule has 0 bridgehead atoms. The van der Waals surface area contributed by atoms with Gasteiger partial charge in [-0.1, -0.05) is 13.8 Å². The van der Waals surface area contributed by atoms with Crippen LogP contribution in [0.5, 0.6) is 0 Å². The third-order valence-electron chi connectivity index (χ3n) is 2.47. The van der Waals surface area contributed by atoms with Gasteiger partial charge in [0, 0.05) is 6.61 Å². The first-order valence-corrected chi connectivity index (χ1v) is 4.45. The van der Waals surface area contributed by atoms with Gasteiger partial charge < -0.3 is 9.84 Å². The Morgan fingerprint density at radius 1 is 1.55 bits per heavy atom. The highest BCUT2D eigenvalue weighted by Crippen LogP contribution is 2.48. The Labute approximate surface area is 68.6 Å². The second-order valence-corrected chi connectivity index (χ2v) is 3.74. The quantitative estimate of drug-likeness (QED) is 0.615. The summed E-state index contributed by atoms with van der Waals surface area (Å²) in [4.78, 5) is 0. The van der Waals surface area contributed by atoms with Crippen LogP contribution in [0.25, 0.3) is 0 Å². The number of rotatable bonds is 5. The topological polar surface area (TPSA) is 29.5 Å². The number of hydrogen-bond acceptors (Lipinski definition) is 2. The van der Waals surface area contributed by atoms with Crippen LogP contribution >= 0.6 is 0 Å². The van der Waals surface area contributed by atoms with Gasteiger partial charge in [0.1, 0.15) is 0 Å². The Kier molecular flexibility index (Phi) is 2.90. The molecule has 1 atom stereocenters. The maximum atomic E-state index is 9.55. The minimum Gasteiger partial charge on any atom is -0.390 e. The molecule has 0 saturated heterocycles. The van der Waals surface area contributed by atoms with E-state index in [4.69, 9.17) is 4.74 Å². The lowest BCUT2D eigenvalue weighted by Gasteiger charge is -2.16. The van der Waals surface area contributed by atoms with Crippen molar-refractivity contribution >= 4 is 0 Å². The van der Waals surface area contributed by atoms with E-state index in [1.807, 2.05) is 0 Å². The van der Waals surface area contributed by atoms with Gasteiger partial charge in [0.05, 0.1) is 12.7 Å². The third-order valence-corrected chi connectivity index (χ3v) is 2.47. The SMILES string of the molecule is CCCOCC(O)C1(C)CC1. The molecule has 66 valence electrons. The van der Waals surface area contributed by atoms with Gasteiger partial charge in [0.2, 0.25) is 0 Å². The van der Waals surface area contributed by atoms with E-state index in [1.165, 1.54) is 0 Å². The highest BCUT2D eigenvalue weighted by atomic mass is 16.5. The molecule has 1 N–H and O–H groups in total. The van der Waals surface area contributed by atoms with Gasteiger partial charge in [-0.3, -0.25) is 0 Å². The molecule has 0 spiro atoms. The number of aliphatic hydroxyl groups is 1. The zero-order valence-corrected chi connectivity index (χ0v) is 7.47. The average molecular weight is 158 g/mol. The minimum absolute atomic E-state index is 0.188. The molecule has 1 saturated carbocycles. The molecule has 1 unspecified atom stereocenters. The first-order valence-electron chi connectivity index (χ1n) is 4.45. The predicted molar refractivity (Wildman–Crippen MR) is 44.5 cm³/mol. The fourth-order valence-electron chi connectivity index (χ4n) is 1.07. The van der Waals surface area contributed by atoms with Crippen LogP contribution in [0.15, 0.2) is 0 Å². The fourth-order valence-corrected chi connectivity index (χ4v) is 1.07. The van der Waals surface area contributed by atoms with Crippen molar-refractivity contribution in [1.29, 1.82) is 0 Å². The summed E-state index contributed by atoms with van der Waals surface area (Å²) in [7, 11) is 0. The van der Waals surface area contributed by atoms with E-state index in [9.17, 15) is 5.11 Å². The highest BCUT2D eigenvalue weighted by Gasteiger charge is 2.43. The molecule has 0 aromatic rings. The monoisotopic (exact) mass is 158 g/mol. The Balaban J connectivity index is 2.06. The molecule has 0 aliphatic heterocycles. The average Bonchev–Trinajstić information content (AvgIpc) is 2.70. The van der Waals surface area contributed by atoms with E-state index in [2.05, 4.69) is 13.8 Å². The second kappa shape index (κ2) is 3.55. The van der Waals surface area contributed by atoms with Crippen molar-refractivity contribution in [2.45, 2.75) is 39.2 Å². The van der Waals surface area contributed by atoms with E-state index < -0.39 is 0 Å². The van der Waals surface area contributed by atoms with E-state index in [0.29, 0.717) is 6.61 Å². The maximum Gasteiger partial charge on any atom is 0.0827 e. The van der Waals surface area contributed by atoms with Crippen molar-refractivity contribution in [3.8, 4) is 0 Å². The highest BCUT2D eigenvalue weighted by molar-refractivity contribution is 4.94.